The van der Waals surface area contributed by atoms with Crippen molar-refractivity contribution in [1.82, 2.24) is 9.78 Å². The number of benzene rings is 1. The highest BCUT2D eigenvalue weighted by molar-refractivity contribution is 5.96. The van der Waals surface area contributed by atoms with Gasteiger partial charge >= 0.3 is 0 Å². The Bertz CT molecular complexity index is 692. The second-order valence-electron chi connectivity index (χ2n) is 6.35. The molecule has 0 bridgehead atoms. The number of aryl methyl sites for hydroxylation is 1. The first-order valence-electron chi connectivity index (χ1n) is 8.27. The number of anilines is 2. The molecule has 0 unspecified atom stereocenters. The molecule has 3 rings (SSSR count). The summed E-state index contributed by atoms with van der Waals surface area (Å²) in [5, 5.41) is 7.28. The Morgan fingerprint density at radius 1 is 1.22 bits per heavy atom. The quantitative estimate of drug-likeness (QED) is 0.943. The minimum atomic E-state index is -0.216. The van der Waals surface area contributed by atoms with E-state index in [1.165, 1.54) is 11.3 Å². The van der Waals surface area contributed by atoms with E-state index in [0.29, 0.717) is 0 Å². The number of carbonyl (C=O) groups excluding carboxylic acids is 1. The van der Waals surface area contributed by atoms with Gasteiger partial charge in [-0.15, -0.1) is 0 Å². The van der Waals surface area contributed by atoms with Crippen LogP contribution < -0.4 is 10.2 Å². The zero-order valence-corrected chi connectivity index (χ0v) is 14.0. The summed E-state index contributed by atoms with van der Waals surface area (Å²) in [4.78, 5) is 14.9. The molecule has 1 aromatic heterocycles. The largest absolute Gasteiger partial charge is 0.360 e. The first-order chi connectivity index (χ1) is 11.1. The molecule has 1 N–H and O–H groups in total. The number of para-hydroxylation sites is 1. The predicted molar refractivity (Wildman–Crippen MR) is 92.8 cm³/mol. The Kier molecular flexibility index (Phi) is 4.37. The van der Waals surface area contributed by atoms with Crippen LogP contribution in [0, 0.1) is 0 Å². The van der Waals surface area contributed by atoms with Gasteiger partial charge in [-0.2, -0.15) is 5.10 Å². The van der Waals surface area contributed by atoms with Gasteiger partial charge < -0.3 is 10.2 Å². The summed E-state index contributed by atoms with van der Waals surface area (Å²) in [5.41, 5.74) is 2.50. The lowest BCUT2D eigenvalue weighted by Crippen LogP contribution is -2.45. The molecule has 5 nitrogen and oxygen atoms in total. The summed E-state index contributed by atoms with van der Waals surface area (Å²) in [6.07, 6.45) is 3.89. The SMILES string of the molecule is CC(C)n1nccc1NC(=O)[C@H](C)N1CCCc2ccccc21. The van der Waals surface area contributed by atoms with Crippen LogP contribution in [-0.4, -0.2) is 28.3 Å². The summed E-state index contributed by atoms with van der Waals surface area (Å²) in [5.74, 6) is 0.756. The van der Waals surface area contributed by atoms with Crippen LogP contribution in [0.4, 0.5) is 11.5 Å². The highest BCUT2D eigenvalue weighted by Gasteiger charge is 2.26. The van der Waals surface area contributed by atoms with E-state index in [-0.39, 0.29) is 18.0 Å². The van der Waals surface area contributed by atoms with E-state index >= 15 is 0 Å². The second-order valence-corrected chi connectivity index (χ2v) is 6.35. The fourth-order valence-electron chi connectivity index (χ4n) is 3.16. The van der Waals surface area contributed by atoms with Gasteiger partial charge in [0.05, 0.1) is 6.20 Å². The van der Waals surface area contributed by atoms with Crippen LogP contribution >= 0.6 is 0 Å². The van der Waals surface area contributed by atoms with Crippen molar-refractivity contribution in [1.29, 1.82) is 0 Å². The second kappa shape index (κ2) is 6.44. The Balaban J connectivity index is 1.77. The van der Waals surface area contributed by atoms with Crippen LogP contribution in [0.25, 0.3) is 0 Å². The third-order valence-electron chi connectivity index (χ3n) is 4.40. The fourth-order valence-corrected chi connectivity index (χ4v) is 3.16. The van der Waals surface area contributed by atoms with Crippen LogP contribution in [0.15, 0.2) is 36.5 Å². The Morgan fingerprint density at radius 3 is 2.78 bits per heavy atom. The van der Waals surface area contributed by atoms with Gasteiger partial charge in [0.1, 0.15) is 11.9 Å². The lowest BCUT2D eigenvalue weighted by atomic mass is 10.00. The summed E-state index contributed by atoms with van der Waals surface area (Å²) >= 11 is 0. The number of hydrogen-bond donors (Lipinski definition) is 1. The van der Waals surface area contributed by atoms with Crippen molar-refractivity contribution in [2.75, 3.05) is 16.8 Å². The molecule has 23 heavy (non-hydrogen) atoms. The molecule has 0 aliphatic carbocycles. The number of nitrogens with zero attached hydrogens (tertiary/aromatic N) is 3. The van der Waals surface area contributed by atoms with Crippen LogP contribution in [0.3, 0.4) is 0 Å². The maximum atomic E-state index is 12.7. The zero-order valence-electron chi connectivity index (χ0n) is 14.0. The number of fused-ring (bicyclic) bond motifs is 1. The molecular weight excluding hydrogens is 288 g/mol. The highest BCUT2D eigenvalue weighted by Crippen LogP contribution is 2.28. The van der Waals surface area contributed by atoms with Crippen LogP contribution in [0.5, 0.6) is 0 Å². The molecule has 0 fully saturated rings. The van der Waals surface area contributed by atoms with Gasteiger partial charge in [-0.25, -0.2) is 4.68 Å². The summed E-state index contributed by atoms with van der Waals surface area (Å²) in [7, 11) is 0. The fraction of sp³-hybridized carbons (Fsp3) is 0.444. The highest BCUT2D eigenvalue weighted by atomic mass is 16.2. The molecule has 1 aromatic carbocycles. The number of aromatic nitrogens is 2. The van der Waals surface area contributed by atoms with Crippen molar-refractivity contribution < 1.29 is 4.79 Å². The summed E-state index contributed by atoms with van der Waals surface area (Å²) in [6.45, 7) is 6.97. The standard InChI is InChI=1S/C18H24N4O/c1-13(2)22-17(10-11-19-22)20-18(23)14(3)21-12-6-8-15-7-4-5-9-16(15)21/h4-5,7,9-11,13-14H,6,8,12H2,1-3H3,(H,20,23)/t14-/m0/s1. The zero-order chi connectivity index (χ0) is 16.4. The number of nitrogens with one attached hydrogen (secondary N) is 1. The van der Waals surface area contributed by atoms with Crippen molar-refractivity contribution >= 4 is 17.4 Å². The Hall–Kier alpha value is -2.30. The summed E-state index contributed by atoms with van der Waals surface area (Å²) < 4.78 is 1.83. The van der Waals surface area contributed by atoms with Crippen molar-refractivity contribution in [2.24, 2.45) is 0 Å². The predicted octanol–water partition coefficient (Wildman–Crippen LogP) is 3.24. The molecule has 1 amide bonds. The van der Waals surface area contributed by atoms with Gasteiger partial charge in [0.25, 0.3) is 0 Å². The molecule has 2 aromatic rings. The first-order valence-corrected chi connectivity index (χ1v) is 8.27. The molecule has 0 spiro atoms. The molecule has 122 valence electrons. The van der Waals surface area contributed by atoms with Crippen molar-refractivity contribution in [3.05, 3.63) is 42.1 Å². The maximum absolute atomic E-state index is 12.7. The van der Waals surface area contributed by atoms with E-state index in [4.69, 9.17) is 0 Å². The summed E-state index contributed by atoms with van der Waals surface area (Å²) in [6, 6.07) is 10.2. The van der Waals surface area contributed by atoms with Crippen molar-refractivity contribution in [3.63, 3.8) is 0 Å². The van der Waals surface area contributed by atoms with Crippen LogP contribution in [-0.2, 0) is 11.2 Å². The van der Waals surface area contributed by atoms with E-state index < -0.39 is 0 Å². The van der Waals surface area contributed by atoms with Crippen molar-refractivity contribution in [2.45, 2.75) is 45.7 Å². The monoisotopic (exact) mass is 312 g/mol. The van der Waals surface area contributed by atoms with Crippen LogP contribution in [0.1, 0.15) is 38.8 Å². The Labute approximate surface area is 137 Å². The molecule has 0 saturated heterocycles. The van der Waals surface area contributed by atoms with Crippen LogP contribution in [0.2, 0.25) is 0 Å². The topological polar surface area (TPSA) is 50.2 Å². The third kappa shape index (κ3) is 3.09. The molecule has 0 radical (unpaired) electrons. The number of hydrogen-bond acceptors (Lipinski definition) is 3. The molecular formula is C18H24N4O. The van der Waals surface area contributed by atoms with Crippen molar-refractivity contribution in [3.8, 4) is 0 Å². The van der Waals surface area contributed by atoms with Gasteiger partial charge in [0.2, 0.25) is 5.91 Å². The molecule has 1 aliphatic rings. The lowest BCUT2D eigenvalue weighted by Gasteiger charge is -2.35. The van der Waals surface area contributed by atoms with E-state index in [9.17, 15) is 4.79 Å². The van der Waals surface area contributed by atoms with Gasteiger partial charge in [-0.3, -0.25) is 4.79 Å². The van der Waals surface area contributed by atoms with E-state index in [0.717, 1.165) is 25.2 Å². The minimum Gasteiger partial charge on any atom is -0.360 e. The maximum Gasteiger partial charge on any atom is 0.247 e. The van der Waals surface area contributed by atoms with Gasteiger partial charge in [0, 0.05) is 24.3 Å². The molecule has 0 saturated carbocycles. The third-order valence-corrected chi connectivity index (χ3v) is 4.40. The molecule has 5 heteroatoms. The lowest BCUT2D eigenvalue weighted by molar-refractivity contribution is -0.117. The first kappa shape index (κ1) is 15.6. The van der Waals surface area contributed by atoms with Gasteiger partial charge in [-0.1, -0.05) is 18.2 Å². The molecule has 1 atom stereocenters. The van der Waals surface area contributed by atoms with Gasteiger partial charge in [0.15, 0.2) is 0 Å². The number of rotatable bonds is 4. The Morgan fingerprint density at radius 2 is 2.00 bits per heavy atom. The smallest absolute Gasteiger partial charge is 0.247 e. The van der Waals surface area contributed by atoms with E-state index in [1.54, 1.807) is 6.20 Å². The van der Waals surface area contributed by atoms with E-state index in [2.05, 4.69) is 33.5 Å². The average Bonchev–Trinajstić information content (AvgIpc) is 3.02. The van der Waals surface area contributed by atoms with E-state index in [1.807, 2.05) is 37.6 Å². The average molecular weight is 312 g/mol. The minimum absolute atomic E-state index is 0.00380. The normalized spacial score (nSPS) is 15.4. The molecule has 2 heterocycles. The number of carbonyl (C=O) groups is 1. The molecule has 1 aliphatic heterocycles. The van der Waals surface area contributed by atoms with Gasteiger partial charge in [-0.05, 0) is 45.2 Å². The number of amides is 1.